The van der Waals surface area contributed by atoms with E-state index in [-0.39, 0.29) is 5.69 Å². The van der Waals surface area contributed by atoms with Crippen molar-refractivity contribution in [2.75, 3.05) is 6.54 Å². The van der Waals surface area contributed by atoms with Gasteiger partial charge in [-0.2, -0.15) is 0 Å². The molecule has 0 spiro atoms. The Kier molecular flexibility index (Phi) is 4.41. The van der Waals surface area contributed by atoms with Crippen LogP contribution < -0.4 is 11.0 Å². The zero-order valence-corrected chi connectivity index (χ0v) is 10.6. The highest BCUT2D eigenvalue weighted by Gasteiger charge is 2.01. The van der Waals surface area contributed by atoms with Crippen molar-refractivity contribution in [3.8, 4) is 0 Å². The van der Waals surface area contributed by atoms with E-state index in [0.29, 0.717) is 6.54 Å². The quantitative estimate of drug-likeness (QED) is 0.755. The van der Waals surface area contributed by atoms with Gasteiger partial charge in [0.25, 0.3) is 0 Å². The van der Waals surface area contributed by atoms with Gasteiger partial charge in [-0.05, 0) is 12.5 Å². The summed E-state index contributed by atoms with van der Waals surface area (Å²) in [7, 11) is 0. The Labute approximate surface area is 106 Å². The first kappa shape index (κ1) is 12.7. The molecule has 2 aromatic rings. The lowest BCUT2D eigenvalue weighted by Crippen LogP contribution is -2.28. The molecule has 5 nitrogen and oxygen atoms in total. The second-order valence-corrected chi connectivity index (χ2v) is 4.28. The monoisotopic (exact) mass is 249 g/mol. The maximum absolute atomic E-state index is 11.9. The maximum atomic E-state index is 11.9. The van der Waals surface area contributed by atoms with Crippen LogP contribution in [-0.4, -0.2) is 15.7 Å². The molecule has 2 heterocycles. The molecule has 0 radical (unpaired) electrons. The lowest BCUT2D eigenvalue weighted by Gasteiger charge is -2.03. The number of hydrogen-bond acceptors (Lipinski definition) is 3. The van der Waals surface area contributed by atoms with Crippen LogP contribution in [0.3, 0.4) is 0 Å². The summed E-state index contributed by atoms with van der Waals surface area (Å²) in [5.41, 5.74) is 1.19. The first-order valence-electron chi connectivity index (χ1n) is 6.28. The molecule has 0 aliphatic carbocycles. The first-order valence-corrected chi connectivity index (χ1v) is 6.28. The normalized spacial score (nSPS) is 10.9. The second-order valence-electron chi connectivity index (χ2n) is 4.28. The average molecular weight is 249 g/mol. The first-order chi connectivity index (χ1) is 8.81. The molecule has 0 fully saturated rings. The number of aromatic nitrogens is 2. The third-order valence-electron chi connectivity index (χ3n) is 2.82. The van der Waals surface area contributed by atoms with E-state index in [1.807, 2.05) is 18.5 Å². The number of imidazole rings is 1. The largest absolute Gasteiger partial charge is 0.472 e. The van der Waals surface area contributed by atoms with Gasteiger partial charge in [0.15, 0.2) is 0 Å². The van der Waals surface area contributed by atoms with E-state index in [1.54, 1.807) is 21.7 Å². The molecule has 0 amide bonds. The minimum atomic E-state index is 0.0713. The van der Waals surface area contributed by atoms with Gasteiger partial charge in [-0.15, -0.1) is 0 Å². The molecular weight excluding hydrogens is 230 g/mol. The predicted octanol–water partition coefficient (Wildman–Crippen LogP) is 1.44. The van der Waals surface area contributed by atoms with Crippen molar-refractivity contribution < 1.29 is 4.42 Å². The number of furan rings is 1. The van der Waals surface area contributed by atoms with E-state index < -0.39 is 0 Å². The van der Waals surface area contributed by atoms with Crippen LogP contribution in [0.5, 0.6) is 0 Å². The van der Waals surface area contributed by atoms with Gasteiger partial charge in [-0.3, -0.25) is 9.13 Å². The van der Waals surface area contributed by atoms with Crippen LogP contribution in [0, 0.1) is 0 Å². The van der Waals surface area contributed by atoms with Gasteiger partial charge >= 0.3 is 5.69 Å². The van der Waals surface area contributed by atoms with Crippen LogP contribution in [0.2, 0.25) is 0 Å². The molecule has 0 saturated heterocycles. The minimum absolute atomic E-state index is 0.0713. The third kappa shape index (κ3) is 3.13. The Hall–Kier alpha value is -1.75. The minimum Gasteiger partial charge on any atom is -0.472 e. The van der Waals surface area contributed by atoms with Crippen LogP contribution in [0.4, 0.5) is 0 Å². The van der Waals surface area contributed by atoms with Crippen molar-refractivity contribution in [1.82, 2.24) is 14.5 Å². The van der Waals surface area contributed by atoms with E-state index in [2.05, 4.69) is 12.2 Å². The molecular formula is C13H19N3O2. The highest BCUT2D eigenvalue weighted by atomic mass is 16.3. The summed E-state index contributed by atoms with van der Waals surface area (Å²) in [5, 5.41) is 3.28. The number of nitrogens with zero attached hydrogens (tertiary/aromatic N) is 2. The summed E-state index contributed by atoms with van der Waals surface area (Å²) in [5.74, 6) is 0. The summed E-state index contributed by atoms with van der Waals surface area (Å²) in [6.07, 6.45) is 8.05. The van der Waals surface area contributed by atoms with Crippen molar-refractivity contribution in [1.29, 1.82) is 0 Å². The maximum Gasteiger partial charge on any atom is 0.328 e. The van der Waals surface area contributed by atoms with Gasteiger partial charge in [0.2, 0.25) is 0 Å². The fraction of sp³-hybridized carbons (Fsp3) is 0.462. The zero-order chi connectivity index (χ0) is 12.8. The van der Waals surface area contributed by atoms with Crippen LogP contribution in [0.1, 0.15) is 18.9 Å². The fourth-order valence-corrected chi connectivity index (χ4v) is 1.86. The van der Waals surface area contributed by atoms with Gasteiger partial charge in [0.05, 0.1) is 12.5 Å². The Morgan fingerprint density at radius 1 is 1.28 bits per heavy atom. The summed E-state index contributed by atoms with van der Waals surface area (Å²) in [6, 6.07) is 1.93. The summed E-state index contributed by atoms with van der Waals surface area (Å²) in [6.45, 7) is 5.07. The molecule has 0 aromatic carbocycles. The zero-order valence-electron chi connectivity index (χ0n) is 10.6. The van der Waals surface area contributed by atoms with Crippen LogP contribution in [-0.2, 0) is 19.6 Å². The summed E-state index contributed by atoms with van der Waals surface area (Å²) in [4.78, 5) is 11.9. The molecule has 0 saturated carbocycles. The van der Waals surface area contributed by atoms with E-state index in [4.69, 9.17) is 4.42 Å². The number of hydrogen-bond donors (Lipinski definition) is 1. The molecule has 0 bridgehead atoms. The molecule has 0 unspecified atom stereocenters. The summed E-state index contributed by atoms with van der Waals surface area (Å²) >= 11 is 0. The van der Waals surface area contributed by atoms with Gasteiger partial charge in [-0.25, -0.2) is 4.79 Å². The van der Waals surface area contributed by atoms with Crippen LogP contribution in [0.25, 0.3) is 0 Å². The van der Waals surface area contributed by atoms with Crippen LogP contribution >= 0.6 is 0 Å². The third-order valence-corrected chi connectivity index (χ3v) is 2.82. The Morgan fingerprint density at radius 2 is 2.06 bits per heavy atom. The second kappa shape index (κ2) is 6.26. The van der Waals surface area contributed by atoms with E-state index >= 15 is 0 Å². The topological polar surface area (TPSA) is 52.1 Å². The highest BCUT2D eigenvalue weighted by molar-refractivity contribution is 5.04. The van der Waals surface area contributed by atoms with Gasteiger partial charge in [0.1, 0.15) is 0 Å². The summed E-state index contributed by atoms with van der Waals surface area (Å²) < 4.78 is 8.46. The van der Waals surface area contributed by atoms with Gasteiger partial charge in [-0.1, -0.05) is 6.92 Å². The molecule has 2 aromatic heterocycles. The molecule has 0 atom stereocenters. The molecule has 18 heavy (non-hydrogen) atoms. The van der Waals surface area contributed by atoms with E-state index in [9.17, 15) is 4.79 Å². The fourth-order valence-electron chi connectivity index (χ4n) is 1.86. The SMILES string of the molecule is CCCn1ccn(CCNCc2ccoc2)c1=O. The Morgan fingerprint density at radius 3 is 2.72 bits per heavy atom. The average Bonchev–Trinajstić information content (AvgIpc) is 2.98. The predicted molar refractivity (Wildman–Crippen MR) is 69.4 cm³/mol. The lowest BCUT2D eigenvalue weighted by molar-refractivity contribution is 0.548. The number of rotatable bonds is 7. The molecule has 5 heteroatoms. The van der Waals surface area contributed by atoms with Crippen molar-refractivity contribution >= 4 is 0 Å². The van der Waals surface area contributed by atoms with Crippen molar-refractivity contribution in [3.63, 3.8) is 0 Å². The molecule has 0 aliphatic heterocycles. The van der Waals surface area contributed by atoms with E-state index in [1.165, 1.54) is 0 Å². The van der Waals surface area contributed by atoms with Crippen molar-refractivity contribution in [3.05, 3.63) is 47.0 Å². The van der Waals surface area contributed by atoms with Crippen molar-refractivity contribution in [2.24, 2.45) is 0 Å². The van der Waals surface area contributed by atoms with Gasteiger partial charge < -0.3 is 9.73 Å². The highest BCUT2D eigenvalue weighted by Crippen LogP contribution is 1.98. The smallest absolute Gasteiger partial charge is 0.328 e. The molecule has 98 valence electrons. The lowest BCUT2D eigenvalue weighted by atomic mass is 10.3. The molecule has 2 rings (SSSR count). The number of nitrogens with one attached hydrogen (secondary N) is 1. The number of aryl methyl sites for hydroxylation is 1. The van der Waals surface area contributed by atoms with Crippen LogP contribution in [0.15, 0.2) is 40.2 Å². The van der Waals surface area contributed by atoms with Crippen molar-refractivity contribution in [2.45, 2.75) is 33.0 Å². The standard InChI is InChI=1S/C13H19N3O2/c1-2-5-15-7-8-16(13(15)17)6-4-14-10-12-3-9-18-11-12/h3,7-9,11,14H,2,4-6,10H2,1H3. The Balaban J connectivity index is 1.78. The Bertz CT molecular complexity index is 511. The molecule has 0 aliphatic rings. The molecule has 1 N–H and O–H groups in total. The van der Waals surface area contributed by atoms with Gasteiger partial charge in [0, 0.05) is 44.1 Å². The van der Waals surface area contributed by atoms with E-state index in [0.717, 1.165) is 31.6 Å².